The molecule has 0 bridgehead atoms. The van der Waals surface area contributed by atoms with Crippen LogP contribution in [0.2, 0.25) is 0 Å². The molecule has 1 N–H and O–H groups in total. The van der Waals surface area contributed by atoms with Crippen molar-refractivity contribution in [3.8, 4) is 0 Å². The highest BCUT2D eigenvalue weighted by Crippen LogP contribution is 2.32. The Balaban J connectivity index is 2.83. The molecule has 1 atom stereocenters. The molecule has 0 spiro atoms. The van der Waals surface area contributed by atoms with Gasteiger partial charge in [0, 0.05) is 12.0 Å². The van der Waals surface area contributed by atoms with Crippen molar-refractivity contribution in [1.29, 1.82) is 0 Å². The van der Waals surface area contributed by atoms with Gasteiger partial charge in [-0.3, -0.25) is 0 Å². The third-order valence-corrected chi connectivity index (χ3v) is 4.28. The molecule has 1 aromatic rings. The van der Waals surface area contributed by atoms with Gasteiger partial charge in [0.15, 0.2) is 0 Å². The Kier molecular flexibility index (Phi) is 6.68. The Morgan fingerprint density at radius 2 is 1.94 bits per heavy atom. The summed E-state index contributed by atoms with van der Waals surface area (Å²) in [6.45, 7) is 3.38. The van der Waals surface area contributed by atoms with Crippen molar-refractivity contribution < 1.29 is 0 Å². The number of hydrogen-bond acceptors (Lipinski definition) is 2. The van der Waals surface area contributed by atoms with Gasteiger partial charge in [-0.05, 0) is 43.9 Å². The highest BCUT2D eigenvalue weighted by Gasteiger charge is 2.28. The molecule has 0 aliphatic rings. The first-order valence-electron chi connectivity index (χ1n) is 6.48. The zero-order valence-electron chi connectivity index (χ0n) is 11.3. The van der Waals surface area contributed by atoms with E-state index in [0.717, 1.165) is 6.54 Å². The lowest BCUT2D eigenvalue weighted by Crippen LogP contribution is -2.36. The molecule has 2 heteroatoms. The summed E-state index contributed by atoms with van der Waals surface area (Å²) >= 11 is 1.95. The van der Waals surface area contributed by atoms with E-state index >= 15 is 0 Å². The number of rotatable bonds is 8. The van der Waals surface area contributed by atoms with Gasteiger partial charge in [-0.25, -0.2) is 0 Å². The van der Waals surface area contributed by atoms with Gasteiger partial charge >= 0.3 is 0 Å². The quantitative estimate of drug-likeness (QED) is 0.707. The predicted molar refractivity (Wildman–Crippen MR) is 80.0 cm³/mol. The Labute approximate surface area is 110 Å². The summed E-state index contributed by atoms with van der Waals surface area (Å²) in [5.74, 6) is 1.26. The molecule has 96 valence electrons. The fraction of sp³-hybridized carbons (Fsp3) is 0.600. The van der Waals surface area contributed by atoms with Crippen LogP contribution in [0.3, 0.4) is 0 Å². The van der Waals surface area contributed by atoms with E-state index in [2.05, 4.69) is 55.9 Å². The molecule has 0 heterocycles. The molecule has 0 amide bonds. The number of hydrogen-bond donors (Lipinski definition) is 1. The number of benzene rings is 1. The maximum absolute atomic E-state index is 3.38. The first-order chi connectivity index (χ1) is 8.29. The minimum atomic E-state index is 0.311. The van der Waals surface area contributed by atoms with Crippen LogP contribution in [0.25, 0.3) is 0 Å². The van der Waals surface area contributed by atoms with Crippen molar-refractivity contribution in [1.82, 2.24) is 5.32 Å². The lowest BCUT2D eigenvalue weighted by molar-refractivity contribution is 0.363. The van der Waals surface area contributed by atoms with Crippen LogP contribution in [0, 0.1) is 0 Å². The Bertz CT molecular complexity index is 299. The molecule has 0 aromatic heterocycles. The van der Waals surface area contributed by atoms with E-state index in [-0.39, 0.29) is 0 Å². The van der Waals surface area contributed by atoms with E-state index in [1.807, 2.05) is 11.8 Å². The van der Waals surface area contributed by atoms with Crippen LogP contribution in [0.15, 0.2) is 30.3 Å². The minimum absolute atomic E-state index is 0.311. The van der Waals surface area contributed by atoms with E-state index in [1.54, 1.807) is 0 Å². The summed E-state index contributed by atoms with van der Waals surface area (Å²) in [7, 11) is 2.06. The van der Waals surface area contributed by atoms with E-state index in [4.69, 9.17) is 0 Å². The molecule has 0 fully saturated rings. The van der Waals surface area contributed by atoms with E-state index in [1.165, 1.54) is 30.6 Å². The summed E-state index contributed by atoms with van der Waals surface area (Å²) in [6.07, 6.45) is 5.96. The van der Waals surface area contributed by atoms with Crippen molar-refractivity contribution in [2.45, 2.75) is 31.6 Å². The lowest BCUT2D eigenvalue weighted by atomic mass is 9.74. The third kappa shape index (κ3) is 4.04. The molecular weight excluding hydrogens is 226 g/mol. The molecular formula is C15H25NS. The second-order valence-electron chi connectivity index (χ2n) is 4.63. The summed E-state index contributed by atoms with van der Waals surface area (Å²) in [5, 5.41) is 3.38. The molecule has 0 aliphatic carbocycles. The van der Waals surface area contributed by atoms with Gasteiger partial charge < -0.3 is 5.32 Å². The van der Waals surface area contributed by atoms with Crippen LogP contribution in [0.4, 0.5) is 0 Å². The number of thioether (sulfide) groups is 1. The van der Waals surface area contributed by atoms with Gasteiger partial charge in [0.05, 0.1) is 0 Å². The fourth-order valence-corrected chi connectivity index (χ4v) is 2.96. The minimum Gasteiger partial charge on any atom is -0.319 e. The SMILES string of the molecule is CCC(CCCSC)(CNC)c1ccccc1. The van der Waals surface area contributed by atoms with Crippen molar-refractivity contribution in [3.05, 3.63) is 35.9 Å². The molecule has 0 aliphatic heterocycles. The van der Waals surface area contributed by atoms with Crippen molar-refractivity contribution in [3.63, 3.8) is 0 Å². The normalized spacial score (nSPS) is 14.5. The Morgan fingerprint density at radius 3 is 2.47 bits per heavy atom. The maximum Gasteiger partial charge on any atom is 0.00753 e. The molecule has 0 saturated heterocycles. The monoisotopic (exact) mass is 251 g/mol. The second kappa shape index (κ2) is 7.78. The lowest BCUT2D eigenvalue weighted by Gasteiger charge is -2.33. The number of nitrogens with one attached hydrogen (secondary N) is 1. The molecule has 1 rings (SSSR count). The van der Waals surface area contributed by atoms with Crippen LogP contribution < -0.4 is 5.32 Å². The predicted octanol–water partition coefficient (Wildman–Crippen LogP) is 3.70. The summed E-state index contributed by atoms with van der Waals surface area (Å²) in [5.41, 5.74) is 1.80. The molecule has 0 radical (unpaired) electrons. The molecule has 1 unspecified atom stereocenters. The average molecular weight is 251 g/mol. The van der Waals surface area contributed by atoms with Gasteiger partial charge in [0.1, 0.15) is 0 Å². The molecule has 0 saturated carbocycles. The average Bonchev–Trinajstić information content (AvgIpc) is 2.39. The van der Waals surface area contributed by atoms with Crippen molar-refractivity contribution in [2.75, 3.05) is 25.6 Å². The zero-order valence-corrected chi connectivity index (χ0v) is 12.1. The standard InChI is InChI=1S/C15H25NS/c1-4-15(13-16-2,11-8-12-17-3)14-9-6-5-7-10-14/h5-7,9-10,16H,4,8,11-13H2,1-3H3. The van der Waals surface area contributed by atoms with Gasteiger partial charge in [0.25, 0.3) is 0 Å². The molecule has 1 nitrogen and oxygen atoms in total. The summed E-state index contributed by atoms with van der Waals surface area (Å²) in [4.78, 5) is 0. The van der Waals surface area contributed by atoms with Crippen molar-refractivity contribution in [2.24, 2.45) is 0 Å². The first kappa shape index (κ1) is 14.6. The topological polar surface area (TPSA) is 12.0 Å². The second-order valence-corrected chi connectivity index (χ2v) is 5.61. The zero-order chi connectivity index (χ0) is 12.6. The van der Waals surface area contributed by atoms with Crippen LogP contribution in [-0.4, -0.2) is 25.6 Å². The molecule has 1 aromatic carbocycles. The summed E-state index contributed by atoms with van der Waals surface area (Å²) in [6, 6.07) is 11.0. The van der Waals surface area contributed by atoms with E-state index < -0.39 is 0 Å². The highest BCUT2D eigenvalue weighted by molar-refractivity contribution is 7.98. The maximum atomic E-state index is 3.38. The van der Waals surface area contributed by atoms with Gasteiger partial charge in [-0.2, -0.15) is 11.8 Å². The van der Waals surface area contributed by atoms with Crippen molar-refractivity contribution >= 4 is 11.8 Å². The highest BCUT2D eigenvalue weighted by atomic mass is 32.2. The van der Waals surface area contributed by atoms with Crippen LogP contribution in [0.1, 0.15) is 31.7 Å². The Morgan fingerprint density at radius 1 is 1.24 bits per heavy atom. The van der Waals surface area contributed by atoms with Crippen LogP contribution >= 0.6 is 11.8 Å². The molecule has 17 heavy (non-hydrogen) atoms. The number of likely N-dealkylation sites (N-methyl/N-ethyl adjacent to an activating group) is 1. The Hall–Kier alpha value is -0.470. The first-order valence-corrected chi connectivity index (χ1v) is 7.87. The third-order valence-electron chi connectivity index (χ3n) is 3.58. The largest absolute Gasteiger partial charge is 0.319 e. The summed E-state index contributed by atoms with van der Waals surface area (Å²) < 4.78 is 0. The van der Waals surface area contributed by atoms with E-state index in [0.29, 0.717) is 5.41 Å². The van der Waals surface area contributed by atoms with Crippen LogP contribution in [-0.2, 0) is 5.41 Å². The van der Waals surface area contributed by atoms with Gasteiger partial charge in [0.2, 0.25) is 0 Å². The van der Waals surface area contributed by atoms with Crippen LogP contribution in [0.5, 0.6) is 0 Å². The fourth-order valence-electron chi connectivity index (χ4n) is 2.53. The van der Waals surface area contributed by atoms with Gasteiger partial charge in [-0.15, -0.1) is 0 Å². The van der Waals surface area contributed by atoms with Gasteiger partial charge in [-0.1, -0.05) is 37.3 Å². The van der Waals surface area contributed by atoms with E-state index in [9.17, 15) is 0 Å². The smallest absolute Gasteiger partial charge is 0.00753 e.